The Kier molecular flexibility index (Phi) is 9.72. The number of nitrogens with zero attached hydrogens (tertiary/aromatic N) is 2. The van der Waals surface area contributed by atoms with E-state index in [0.717, 1.165) is 30.7 Å². The number of rotatable bonds is 8. The van der Waals surface area contributed by atoms with Crippen LogP contribution >= 0.6 is 24.0 Å². The van der Waals surface area contributed by atoms with Crippen LogP contribution in [0.25, 0.3) is 11.5 Å². The maximum atomic E-state index is 5.64. The molecule has 0 spiro atoms. The summed E-state index contributed by atoms with van der Waals surface area (Å²) in [7, 11) is 1.74. The van der Waals surface area contributed by atoms with Crippen molar-refractivity contribution in [2.75, 3.05) is 33.4 Å². The van der Waals surface area contributed by atoms with Crippen LogP contribution < -0.4 is 10.6 Å². The summed E-state index contributed by atoms with van der Waals surface area (Å²) in [5.74, 6) is 1.33. The average molecular weight is 500 g/mol. The van der Waals surface area contributed by atoms with Crippen LogP contribution in [0.4, 0.5) is 0 Å². The van der Waals surface area contributed by atoms with E-state index in [4.69, 9.17) is 13.9 Å². The van der Waals surface area contributed by atoms with Gasteiger partial charge in [0, 0.05) is 25.8 Å². The third-order valence-corrected chi connectivity index (χ3v) is 4.38. The van der Waals surface area contributed by atoms with E-state index < -0.39 is 0 Å². The van der Waals surface area contributed by atoms with Gasteiger partial charge in [0.2, 0.25) is 5.89 Å². The zero-order valence-electron chi connectivity index (χ0n) is 16.4. The molecule has 1 aromatic carbocycles. The molecule has 8 heteroatoms. The van der Waals surface area contributed by atoms with Gasteiger partial charge < -0.3 is 24.5 Å². The van der Waals surface area contributed by atoms with E-state index in [-0.39, 0.29) is 30.1 Å². The first-order valence-electron chi connectivity index (χ1n) is 9.40. The number of oxazole rings is 1. The summed E-state index contributed by atoms with van der Waals surface area (Å²) in [5, 5.41) is 6.45. The molecule has 1 aliphatic heterocycles. The van der Waals surface area contributed by atoms with Crippen molar-refractivity contribution < 1.29 is 13.9 Å². The second-order valence-corrected chi connectivity index (χ2v) is 6.57. The molecule has 2 N–H and O–H groups in total. The predicted octanol–water partition coefficient (Wildman–Crippen LogP) is 3.13. The van der Waals surface area contributed by atoms with Crippen LogP contribution in [0.5, 0.6) is 0 Å². The van der Waals surface area contributed by atoms with Gasteiger partial charge in [-0.25, -0.2) is 4.98 Å². The van der Waals surface area contributed by atoms with Crippen molar-refractivity contribution in [3.63, 3.8) is 0 Å². The Morgan fingerprint density at radius 1 is 1.29 bits per heavy atom. The van der Waals surface area contributed by atoms with Crippen LogP contribution in [0.15, 0.2) is 39.9 Å². The van der Waals surface area contributed by atoms with Gasteiger partial charge in [-0.3, -0.25) is 4.99 Å². The number of aromatic nitrogens is 1. The molecule has 0 aliphatic carbocycles. The number of benzene rings is 1. The van der Waals surface area contributed by atoms with E-state index in [1.165, 1.54) is 5.56 Å². The van der Waals surface area contributed by atoms with Gasteiger partial charge in [0.05, 0.1) is 31.6 Å². The van der Waals surface area contributed by atoms with Crippen molar-refractivity contribution in [1.29, 1.82) is 0 Å². The highest BCUT2D eigenvalue weighted by molar-refractivity contribution is 14.0. The van der Waals surface area contributed by atoms with Gasteiger partial charge >= 0.3 is 0 Å². The molecule has 1 atom stereocenters. The number of ether oxygens (including phenoxy) is 2. The molecule has 0 bridgehead atoms. The fourth-order valence-corrected chi connectivity index (χ4v) is 2.84. The van der Waals surface area contributed by atoms with E-state index >= 15 is 0 Å². The summed E-state index contributed by atoms with van der Waals surface area (Å²) in [5.41, 5.74) is 3.00. The van der Waals surface area contributed by atoms with Gasteiger partial charge in [-0.05, 0) is 31.9 Å². The zero-order valence-corrected chi connectivity index (χ0v) is 18.8. The average Bonchev–Trinajstić information content (AvgIpc) is 3.36. The summed E-state index contributed by atoms with van der Waals surface area (Å²) in [6, 6.07) is 8.11. The second kappa shape index (κ2) is 12.0. The molecule has 0 amide bonds. The van der Waals surface area contributed by atoms with E-state index in [2.05, 4.69) is 27.5 Å². The lowest BCUT2D eigenvalue weighted by Gasteiger charge is -2.12. The zero-order chi connectivity index (χ0) is 18.9. The van der Waals surface area contributed by atoms with E-state index in [9.17, 15) is 0 Å². The van der Waals surface area contributed by atoms with Crippen molar-refractivity contribution in [2.24, 2.45) is 4.99 Å². The minimum Gasteiger partial charge on any atom is -0.444 e. The fraction of sp³-hybridized carbons (Fsp3) is 0.500. The molecule has 154 valence electrons. The highest BCUT2D eigenvalue weighted by Gasteiger charge is 2.15. The van der Waals surface area contributed by atoms with Gasteiger partial charge in [-0.2, -0.15) is 0 Å². The third kappa shape index (κ3) is 7.06. The first-order chi connectivity index (χ1) is 13.2. The van der Waals surface area contributed by atoms with Gasteiger partial charge in [-0.1, -0.05) is 17.7 Å². The molecular formula is C20H29IN4O3. The lowest BCUT2D eigenvalue weighted by Crippen LogP contribution is -2.38. The van der Waals surface area contributed by atoms with Crippen molar-refractivity contribution in [2.45, 2.75) is 32.4 Å². The maximum absolute atomic E-state index is 5.64. The number of nitrogens with one attached hydrogen (secondary N) is 2. The number of hydrogen-bond donors (Lipinski definition) is 2. The van der Waals surface area contributed by atoms with E-state index in [0.29, 0.717) is 38.2 Å². The summed E-state index contributed by atoms with van der Waals surface area (Å²) in [6.45, 7) is 5.40. The second-order valence-electron chi connectivity index (χ2n) is 6.57. The number of hydrogen-bond acceptors (Lipinski definition) is 5. The normalized spacial score (nSPS) is 16.6. The van der Waals surface area contributed by atoms with Gasteiger partial charge in [0.25, 0.3) is 0 Å². The standard InChI is InChI=1S/C20H28N4O3.HI/c1-15-5-7-16(8-6-15)19-24-17(13-27-19)12-23-20(21-2)22-9-11-25-14-18-4-3-10-26-18;/h5-8,13,18H,3-4,9-12,14H2,1-2H3,(H2,21,22,23);1H. The molecule has 28 heavy (non-hydrogen) atoms. The molecule has 0 saturated carbocycles. The topological polar surface area (TPSA) is 80.9 Å². The van der Waals surface area contributed by atoms with Crippen LogP contribution in [-0.4, -0.2) is 50.5 Å². The molecule has 3 rings (SSSR count). The highest BCUT2D eigenvalue weighted by atomic mass is 127. The summed E-state index contributed by atoms with van der Waals surface area (Å²) in [6.07, 6.45) is 4.16. The largest absolute Gasteiger partial charge is 0.444 e. The number of aryl methyl sites for hydroxylation is 1. The van der Waals surface area contributed by atoms with Crippen LogP contribution in [0.3, 0.4) is 0 Å². The highest BCUT2D eigenvalue weighted by Crippen LogP contribution is 2.19. The van der Waals surface area contributed by atoms with Crippen LogP contribution in [0, 0.1) is 6.92 Å². The first-order valence-corrected chi connectivity index (χ1v) is 9.40. The van der Waals surface area contributed by atoms with Crippen molar-refractivity contribution in [3.8, 4) is 11.5 Å². The number of halogens is 1. The molecule has 1 aliphatic rings. The van der Waals surface area contributed by atoms with Crippen LogP contribution in [-0.2, 0) is 16.0 Å². The van der Waals surface area contributed by atoms with E-state index in [1.54, 1.807) is 13.3 Å². The van der Waals surface area contributed by atoms with Gasteiger partial charge in [0.15, 0.2) is 5.96 Å². The summed E-state index contributed by atoms with van der Waals surface area (Å²) in [4.78, 5) is 8.73. The van der Waals surface area contributed by atoms with Crippen molar-refractivity contribution >= 4 is 29.9 Å². The molecule has 2 aromatic rings. The van der Waals surface area contributed by atoms with Crippen LogP contribution in [0.2, 0.25) is 0 Å². The lowest BCUT2D eigenvalue weighted by atomic mass is 10.1. The van der Waals surface area contributed by atoms with E-state index in [1.807, 2.05) is 24.3 Å². The Hall–Kier alpha value is -1.65. The third-order valence-electron chi connectivity index (χ3n) is 4.38. The molecule has 7 nitrogen and oxygen atoms in total. The quantitative estimate of drug-likeness (QED) is 0.251. The van der Waals surface area contributed by atoms with Crippen molar-refractivity contribution in [3.05, 3.63) is 41.8 Å². The molecule has 1 unspecified atom stereocenters. The minimum atomic E-state index is 0. The number of guanidine groups is 1. The smallest absolute Gasteiger partial charge is 0.226 e. The van der Waals surface area contributed by atoms with Gasteiger partial charge in [0.1, 0.15) is 6.26 Å². The predicted molar refractivity (Wildman–Crippen MR) is 120 cm³/mol. The molecule has 1 aromatic heterocycles. The molecule has 0 radical (unpaired) electrons. The lowest BCUT2D eigenvalue weighted by molar-refractivity contribution is 0.0191. The Labute approximate surface area is 183 Å². The Bertz CT molecular complexity index is 727. The molecule has 1 fully saturated rings. The summed E-state index contributed by atoms with van der Waals surface area (Å²) >= 11 is 0. The summed E-state index contributed by atoms with van der Waals surface area (Å²) < 4.78 is 16.7. The molecular weight excluding hydrogens is 471 g/mol. The van der Waals surface area contributed by atoms with Crippen molar-refractivity contribution in [1.82, 2.24) is 15.6 Å². The van der Waals surface area contributed by atoms with Gasteiger partial charge in [-0.15, -0.1) is 24.0 Å². The first kappa shape index (κ1) is 22.6. The fourth-order valence-electron chi connectivity index (χ4n) is 2.84. The molecule has 2 heterocycles. The van der Waals surface area contributed by atoms with Crippen LogP contribution in [0.1, 0.15) is 24.1 Å². The SMILES string of the molecule is CN=C(NCCOCC1CCCO1)NCc1coc(-c2ccc(C)cc2)n1.I. The molecule has 1 saturated heterocycles. The monoisotopic (exact) mass is 500 g/mol. The Balaban J connectivity index is 0.00000280. The Morgan fingerprint density at radius 3 is 2.82 bits per heavy atom. The maximum Gasteiger partial charge on any atom is 0.226 e. The Morgan fingerprint density at radius 2 is 2.11 bits per heavy atom. The number of aliphatic imine (C=N–C) groups is 1. The minimum absolute atomic E-state index is 0.